The van der Waals surface area contributed by atoms with Gasteiger partial charge in [0.15, 0.2) is 0 Å². The third-order valence-electron chi connectivity index (χ3n) is 2.83. The Morgan fingerprint density at radius 2 is 1.61 bits per heavy atom. The van der Waals surface area contributed by atoms with Crippen molar-refractivity contribution in [1.29, 1.82) is 0 Å². The molecule has 0 aliphatic heterocycles. The summed E-state index contributed by atoms with van der Waals surface area (Å²) in [5.74, 6) is 0.304. The second-order valence-corrected chi connectivity index (χ2v) is 4.17. The average molecular weight is 244 g/mol. The predicted octanol–water partition coefficient (Wildman–Crippen LogP) is 2.31. The van der Waals surface area contributed by atoms with Gasteiger partial charge in [0.1, 0.15) is 11.5 Å². The second kappa shape index (κ2) is 4.87. The summed E-state index contributed by atoms with van der Waals surface area (Å²) in [6.45, 7) is 0. The van der Waals surface area contributed by atoms with E-state index in [1.165, 1.54) is 0 Å². The molecule has 94 valence electrons. The smallest absolute Gasteiger partial charge is 0.138 e. The number of aromatic hydroxyl groups is 2. The third kappa shape index (κ3) is 2.48. The highest BCUT2D eigenvalue weighted by Crippen LogP contribution is 2.26. The second-order valence-electron chi connectivity index (χ2n) is 4.17. The first-order valence-electron chi connectivity index (χ1n) is 5.67. The number of phenolic OH excluding ortho intramolecular Hbond substituents is 2. The van der Waals surface area contributed by atoms with E-state index < -0.39 is 0 Å². The molecule has 2 aromatic carbocycles. The van der Waals surface area contributed by atoms with E-state index >= 15 is 0 Å². The summed E-state index contributed by atoms with van der Waals surface area (Å²) in [6, 6.07) is 10.6. The molecule has 5 N–H and O–H groups in total. The third-order valence-corrected chi connectivity index (χ3v) is 2.83. The van der Waals surface area contributed by atoms with Gasteiger partial charge in [-0.2, -0.15) is 0 Å². The van der Waals surface area contributed by atoms with Crippen molar-refractivity contribution in [2.75, 3.05) is 18.1 Å². The molecule has 0 bridgehead atoms. The monoisotopic (exact) mass is 244 g/mol. The zero-order valence-electron chi connectivity index (χ0n) is 10.1. The highest BCUT2D eigenvalue weighted by atomic mass is 16.3. The van der Waals surface area contributed by atoms with Crippen molar-refractivity contribution in [2.45, 2.75) is 6.42 Å². The van der Waals surface area contributed by atoms with E-state index in [2.05, 4.69) is 5.32 Å². The zero-order valence-corrected chi connectivity index (χ0v) is 10.1. The van der Waals surface area contributed by atoms with Crippen molar-refractivity contribution >= 4 is 11.4 Å². The van der Waals surface area contributed by atoms with E-state index in [9.17, 15) is 10.2 Å². The zero-order chi connectivity index (χ0) is 13.1. The van der Waals surface area contributed by atoms with Gasteiger partial charge in [-0.1, -0.05) is 12.1 Å². The number of benzene rings is 2. The van der Waals surface area contributed by atoms with Crippen LogP contribution in [0, 0.1) is 0 Å². The minimum Gasteiger partial charge on any atom is -0.506 e. The van der Waals surface area contributed by atoms with Crippen LogP contribution in [-0.2, 0) is 6.42 Å². The van der Waals surface area contributed by atoms with Gasteiger partial charge in [-0.15, -0.1) is 0 Å². The summed E-state index contributed by atoms with van der Waals surface area (Å²) in [5.41, 5.74) is 8.52. The van der Waals surface area contributed by atoms with Crippen LogP contribution in [0.25, 0.3) is 0 Å². The lowest BCUT2D eigenvalue weighted by Gasteiger charge is -2.08. The maximum absolute atomic E-state index is 9.74. The van der Waals surface area contributed by atoms with Gasteiger partial charge in [-0.3, -0.25) is 0 Å². The van der Waals surface area contributed by atoms with Gasteiger partial charge in [0.25, 0.3) is 0 Å². The number of nitrogens with two attached hydrogens (primary N) is 1. The molecule has 0 heterocycles. The molecule has 0 unspecified atom stereocenters. The number of phenols is 2. The van der Waals surface area contributed by atoms with Crippen LogP contribution in [0.1, 0.15) is 11.1 Å². The van der Waals surface area contributed by atoms with Gasteiger partial charge in [0.05, 0.1) is 11.4 Å². The quantitative estimate of drug-likeness (QED) is 0.493. The number of nitrogen functional groups attached to an aromatic ring is 1. The lowest BCUT2D eigenvalue weighted by Crippen LogP contribution is -1.93. The van der Waals surface area contributed by atoms with Crippen LogP contribution < -0.4 is 11.1 Å². The molecule has 0 atom stereocenters. The fraction of sp³-hybridized carbons (Fsp3) is 0.143. The summed E-state index contributed by atoms with van der Waals surface area (Å²) in [5, 5.41) is 22.2. The molecule has 0 fully saturated rings. The van der Waals surface area contributed by atoms with Crippen LogP contribution in [0.3, 0.4) is 0 Å². The van der Waals surface area contributed by atoms with E-state index in [1.807, 2.05) is 18.2 Å². The summed E-state index contributed by atoms with van der Waals surface area (Å²) in [7, 11) is 1.76. The lowest BCUT2D eigenvalue weighted by atomic mass is 10.0. The lowest BCUT2D eigenvalue weighted by molar-refractivity contribution is 0.477. The fourth-order valence-corrected chi connectivity index (χ4v) is 1.83. The molecule has 2 aromatic rings. The summed E-state index contributed by atoms with van der Waals surface area (Å²) in [4.78, 5) is 0. The molecule has 0 aliphatic rings. The van der Waals surface area contributed by atoms with Crippen molar-refractivity contribution in [1.82, 2.24) is 0 Å². The predicted molar refractivity (Wildman–Crippen MR) is 73.0 cm³/mol. The first-order chi connectivity index (χ1) is 8.60. The standard InChI is InChI=1S/C14H16N2O2/c1-16-12-5-3-10(8-14(12)18)6-9-2-4-11(15)13(17)7-9/h2-5,7-8,16-18H,6,15H2,1H3. The average Bonchev–Trinajstić information content (AvgIpc) is 2.34. The fourth-order valence-electron chi connectivity index (χ4n) is 1.83. The van der Waals surface area contributed by atoms with Crippen LogP contribution in [0.5, 0.6) is 11.5 Å². The van der Waals surface area contributed by atoms with E-state index in [0.29, 0.717) is 17.8 Å². The molecule has 0 aromatic heterocycles. The van der Waals surface area contributed by atoms with Crippen molar-refractivity contribution < 1.29 is 10.2 Å². The number of rotatable bonds is 3. The minimum atomic E-state index is 0.0866. The van der Waals surface area contributed by atoms with Crippen LogP contribution in [-0.4, -0.2) is 17.3 Å². The Hall–Kier alpha value is -2.36. The van der Waals surface area contributed by atoms with Gasteiger partial charge in [-0.05, 0) is 41.8 Å². The SMILES string of the molecule is CNc1ccc(Cc2ccc(N)c(O)c2)cc1O. The Labute approximate surface area is 106 Å². The first-order valence-corrected chi connectivity index (χ1v) is 5.67. The molecule has 0 radical (unpaired) electrons. The molecule has 0 amide bonds. The van der Waals surface area contributed by atoms with Gasteiger partial charge in [0, 0.05) is 7.05 Å². The Kier molecular flexibility index (Phi) is 3.28. The van der Waals surface area contributed by atoms with E-state index in [0.717, 1.165) is 11.1 Å². The topological polar surface area (TPSA) is 78.5 Å². The Bertz CT molecular complexity index is 568. The Morgan fingerprint density at radius 1 is 1.00 bits per heavy atom. The highest BCUT2D eigenvalue weighted by molar-refractivity contribution is 5.57. The Balaban J connectivity index is 2.23. The molecular weight excluding hydrogens is 228 g/mol. The number of anilines is 2. The molecule has 0 spiro atoms. The maximum Gasteiger partial charge on any atom is 0.138 e. The van der Waals surface area contributed by atoms with Gasteiger partial charge in [-0.25, -0.2) is 0 Å². The number of nitrogens with one attached hydrogen (secondary N) is 1. The van der Waals surface area contributed by atoms with E-state index in [1.54, 1.807) is 25.2 Å². The van der Waals surface area contributed by atoms with Crippen molar-refractivity contribution in [3.63, 3.8) is 0 Å². The van der Waals surface area contributed by atoms with Crippen LogP contribution in [0.4, 0.5) is 11.4 Å². The van der Waals surface area contributed by atoms with E-state index in [-0.39, 0.29) is 11.5 Å². The molecule has 4 heteroatoms. The van der Waals surface area contributed by atoms with Crippen molar-refractivity contribution in [3.05, 3.63) is 47.5 Å². The molecule has 18 heavy (non-hydrogen) atoms. The van der Waals surface area contributed by atoms with Crippen molar-refractivity contribution in [2.24, 2.45) is 0 Å². The first kappa shape index (κ1) is 12.1. The summed E-state index contributed by atoms with van der Waals surface area (Å²) in [6.07, 6.45) is 0.630. The molecule has 0 saturated heterocycles. The van der Waals surface area contributed by atoms with Crippen LogP contribution >= 0.6 is 0 Å². The number of hydrogen-bond acceptors (Lipinski definition) is 4. The minimum absolute atomic E-state index is 0.0866. The van der Waals surface area contributed by atoms with Crippen molar-refractivity contribution in [3.8, 4) is 11.5 Å². The largest absolute Gasteiger partial charge is 0.506 e. The van der Waals surface area contributed by atoms with Gasteiger partial charge < -0.3 is 21.3 Å². The summed E-state index contributed by atoms with van der Waals surface area (Å²) >= 11 is 0. The number of hydrogen-bond donors (Lipinski definition) is 4. The molecular formula is C14H16N2O2. The maximum atomic E-state index is 9.74. The molecule has 4 nitrogen and oxygen atoms in total. The Morgan fingerprint density at radius 3 is 2.17 bits per heavy atom. The highest BCUT2D eigenvalue weighted by Gasteiger charge is 2.04. The molecule has 2 rings (SSSR count). The molecule has 0 aliphatic carbocycles. The normalized spacial score (nSPS) is 10.3. The van der Waals surface area contributed by atoms with Crippen LogP contribution in [0.15, 0.2) is 36.4 Å². The van der Waals surface area contributed by atoms with E-state index in [4.69, 9.17) is 5.73 Å². The van der Waals surface area contributed by atoms with Crippen LogP contribution in [0.2, 0.25) is 0 Å². The summed E-state index contributed by atoms with van der Waals surface area (Å²) < 4.78 is 0. The molecule has 0 saturated carbocycles. The van der Waals surface area contributed by atoms with Gasteiger partial charge in [0.2, 0.25) is 0 Å². The van der Waals surface area contributed by atoms with Gasteiger partial charge >= 0.3 is 0 Å².